The molecule has 0 heterocycles. The van der Waals surface area contributed by atoms with Crippen molar-refractivity contribution >= 4 is 5.78 Å². The number of carbonyl (C=O) groups is 1. The normalized spacial score (nSPS) is 12.8. The fourth-order valence-electron chi connectivity index (χ4n) is 0.554. The van der Waals surface area contributed by atoms with Gasteiger partial charge in [-0.05, 0) is 6.92 Å². The largest absolute Gasteiger partial charge is 0.480 e. The van der Waals surface area contributed by atoms with Crippen molar-refractivity contribution in [2.45, 2.75) is 27.7 Å². The van der Waals surface area contributed by atoms with Crippen molar-refractivity contribution in [3.05, 3.63) is 12.0 Å². The molecule has 0 aliphatic rings. The van der Waals surface area contributed by atoms with Crippen LogP contribution >= 0.6 is 0 Å². The van der Waals surface area contributed by atoms with E-state index in [0.29, 0.717) is 6.61 Å². The highest BCUT2D eigenvalue weighted by molar-refractivity contribution is 5.94. The molecule has 0 bridgehead atoms. The molecule has 0 amide bonds. The summed E-state index contributed by atoms with van der Waals surface area (Å²) in [6.07, 6.45) is 1.34. The van der Waals surface area contributed by atoms with Crippen LogP contribution in [0.3, 0.4) is 0 Å². The fraction of sp³-hybridized carbons (Fsp3) is 0.667. The minimum Gasteiger partial charge on any atom is -0.480 e. The lowest BCUT2D eigenvalue weighted by Crippen LogP contribution is -2.19. The van der Waals surface area contributed by atoms with Gasteiger partial charge in [-0.15, -0.1) is 0 Å². The minimum atomic E-state index is -0.387. The highest BCUT2D eigenvalue weighted by atomic mass is 16.5. The first-order valence-electron chi connectivity index (χ1n) is 4.02. The Kier molecular flexibility index (Phi) is 3.80. The first-order valence-corrected chi connectivity index (χ1v) is 4.02. The van der Waals surface area contributed by atoms with Gasteiger partial charge < -0.3 is 10.5 Å². The van der Waals surface area contributed by atoms with Crippen LogP contribution in [0.25, 0.3) is 0 Å². The van der Waals surface area contributed by atoms with E-state index < -0.39 is 0 Å². The second-order valence-corrected chi connectivity index (χ2v) is 3.59. The Labute approximate surface area is 73.6 Å². The minimum absolute atomic E-state index is 0.0200. The Morgan fingerprint density at radius 3 is 2.33 bits per heavy atom. The van der Waals surface area contributed by atoms with Crippen molar-refractivity contribution in [1.29, 1.82) is 0 Å². The van der Waals surface area contributed by atoms with Gasteiger partial charge in [-0.3, -0.25) is 4.79 Å². The number of carbonyl (C=O) groups excluding carboxylic acids is 1. The number of rotatable bonds is 3. The second-order valence-electron chi connectivity index (χ2n) is 3.59. The zero-order valence-corrected chi connectivity index (χ0v) is 8.18. The SMILES string of the molecule is CCO/C(N)=C/C(=O)C(C)(C)C. The summed E-state index contributed by atoms with van der Waals surface area (Å²) in [4.78, 5) is 11.3. The molecule has 3 heteroatoms. The van der Waals surface area contributed by atoms with E-state index in [0.717, 1.165) is 0 Å². The van der Waals surface area contributed by atoms with Gasteiger partial charge in [0, 0.05) is 11.5 Å². The van der Waals surface area contributed by atoms with Crippen molar-refractivity contribution in [3.8, 4) is 0 Å². The molecule has 0 aromatic rings. The molecule has 0 aliphatic carbocycles. The van der Waals surface area contributed by atoms with Crippen molar-refractivity contribution in [2.75, 3.05) is 6.61 Å². The standard InChI is InChI=1S/C9H17NO2/c1-5-12-8(10)6-7(11)9(2,3)4/h6H,5,10H2,1-4H3/b8-6+. The molecule has 0 rings (SSSR count). The highest BCUT2D eigenvalue weighted by Crippen LogP contribution is 2.15. The third kappa shape index (κ3) is 4.01. The van der Waals surface area contributed by atoms with Crippen LogP contribution in [0.2, 0.25) is 0 Å². The summed E-state index contributed by atoms with van der Waals surface area (Å²) in [5.41, 5.74) is 5.01. The van der Waals surface area contributed by atoms with Gasteiger partial charge in [0.05, 0.1) is 6.61 Å². The molecule has 0 atom stereocenters. The van der Waals surface area contributed by atoms with Gasteiger partial charge in [0.1, 0.15) is 0 Å². The van der Waals surface area contributed by atoms with Crippen molar-refractivity contribution in [3.63, 3.8) is 0 Å². The number of hydrogen-bond donors (Lipinski definition) is 1. The summed E-state index contributed by atoms with van der Waals surface area (Å²) >= 11 is 0. The van der Waals surface area contributed by atoms with Gasteiger partial charge in [0.2, 0.25) is 0 Å². The van der Waals surface area contributed by atoms with Crippen LogP contribution in [0.4, 0.5) is 0 Å². The quantitative estimate of drug-likeness (QED) is 0.516. The molecule has 2 N–H and O–H groups in total. The highest BCUT2D eigenvalue weighted by Gasteiger charge is 2.19. The van der Waals surface area contributed by atoms with E-state index in [1.54, 1.807) is 0 Å². The second kappa shape index (κ2) is 4.14. The van der Waals surface area contributed by atoms with Gasteiger partial charge in [-0.1, -0.05) is 20.8 Å². The Morgan fingerprint density at radius 1 is 1.50 bits per heavy atom. The molecule has 0 aromatic heterocycles. The average molecular weight is 171 g/mol. The lowest BCUT2D eigenvalue weighted by atomic mass is 9.91. The van der Waals surface area contributed by atoms with E-state index in [2.05, 4.69) is 0 Å². The number of allylic oxidation sites excluding steroid dienone is 1. The molecule has 0 spiro atoms. The molecule has 0 unspecified atom stereocenters. The van der Waals surface area contributed by atoms with Crippen LogP contribution in [0.5, 0.6) is 0 Å². The Bertz CT molecular complexity index is 189. The third-order valence-corrected chi connectivity index (χ3v) is 1.32. The zero-order valence-electron chi connectivity index (χ0n) is 8.18. The van der Waals surface area contributed by atoms with Gasteiger partial charge >= 0.3 is 0 Å². The van der Waals surface area contributed by atoms with Crippen LogP contribution in [0.15, 0.2) is 12.0 Å². The number of ether oxygens (including phenoxy) is 1. The van der Waals surface area contributed by atoms with Crippen LogP contribution in [0, 0.1) is 5.41 Å². The van der Waals surface area contributed by atoms with E-state index >= 15 is 0 Å². The number of ketones is 1. The zero-order chi connectivity index (χ0) is 9.78. The predicted octanol–water partition coefficient (Wildman–Crippen LogP) is 1.44. The first-order chi connectivity index (χ1) is 5.38. The number of nitrogens with two attached hydrogens (primary N) is 1. The number of hydrogen-bond acceptors (Lipinski definition) is 3. The summed E-state index contributed by atoms with van der Waals surface area (Å²) in [7, 11) is 0. The summed E-state index contributed by atoms with van der Waals surface area (Å²) in [5.74, 6) is 0.172. The first kappa shape index (κ1) is 11.0. The third-order valence-electron chi connectivity index (χ3n) is 1.32. The van der Waals surface area contributed by atoms with Crippen molar-refractivity contribution in [1.82, 2.24) is 0 Å². The lowest BCUT2D eigenvalue weighted by Gasteiger charge is -2.13. The van der Waals surface area contributed by atoms with Crippen LogP contribution in [-0.4, -0.2) is 12.4 Å². The molecule has 0 radical (unpaired) electrons. The molecule has 0 aromatic carbocycles. The van der Waals surface area contributed by atoms with E-state index in [-0.39, 0.29) is 17.1 Å². The van der Waals surface area contributed by atoms with E-state index in [1.165, 1.54) is 6.08 Å². The average Bonchev–Trinajstić information content (AvgIpc) is 1.85. The molecular formula is C9H17NO2. The van der Waals surface area contributed by atoms with E-state index in [1.807, 2.05) is 27.7 Å². The molecule has 3 nitrogen and oxygen atoms in total. The molecular weight excluding hydrogens is 154 g/mol. The van der Waals surface area contributed by atoms with Crippen molar-refractivity contribution < 1.29 is 9.53 Å². The summed E-state index contributed by atoms with van der Waals surface area (Å²) in [6, 6.07) is 0. The Hall–Kier alpha value is -0.990. The Morgan fingerprint density at radius 2 is 2.00 bits per heavy atom. The maximum absolute atomic E-state index is 11.3. The van der Waals surface area contributed by atoms with Gasteiger partial charge in [0.15, 0.2) is 11.7 Å². The molecule has 0 saturated carbocycles. The van der Waals surface area contributed by atoms with Crippen molar-refractivity contribution in [2.24, 2.45) is 11.1 Å². The Balaban J connectivity index is 4.24. The fourth-order valence-corrected chi connectivity index (χ4v) is 0.554. The van der Waals surface area contributed by atoms with Gasteiger partial charge in [-0.2, -0.15) is 0 Å². The molecule has 0 saturated heterocycles. The molecule has 12 heavy (non-hydrogen) atoms. The van der Waals surface area contributed by atoms with Crippen LogP contribution < -0.4 is 5.73 Å². The molecule has 0 aliphatic heterocycles. The van der Waals surface area contributed by atoms with E-state index in [4.69, 9.17) is 10.5 Å². The summed E-state index contributed by atoms with van der Waals surface area (Å²) in [5, 5.41) is 0. The smallest absolute Gasteiger partial charge is 0.187 e. The monoisotopic (exact) mass is 171 g/mol. The maximum atomic E-state index is 11.3. The van der Waals surface area contributed by atoms with Gasteiger partial charge in [-0.25, -0.2) is 0 Å². The van der Waals surface area contributed by atoms with Crippen LogP contribution in [0.1, 0.15) is 27.7 Å². The van der Waals surface area contributed by atoms with Crippen LogP contribution in [-0.2, 0) is 9.53 Å². The predicted molar refractivity (Wildman–Crippen MR) is 48.4 cm³/mol. The summed E-state index contributed by atoms with van der Waals surface area (Å²) in [6.45, 7) is 7.82. The molecule has 70 valence electrons. The van der Waals surface area contributed by atoms with Gasteiger partial charge in [0.25, 0.3) is 0 Å². The maximum Gasteiger partial charge on any atom is 0.187 e. The summed E-state index contributed by atoms with van der Waals surface area (Å²) < 4.78 is 4.93. The topological polar surface area (TPSA) is 52.3 Å². The van der Waals surface area contributed by atoms with E-state index in [9.17, 15) is 4.79 Å². The molecule has 0 fully saturated rings. The lowest BCUT2D eigenvalue weighted by molar-refractivity contribution is -0.121.